The lowest BCUT2D eigenvalue weighted by molar-refractivity contribution is 0.414. The molecule has 1 fully saturated rings. The second-order valence-corrected chi connectivity index (χ2v) is 3.90. The number of hydrogen-bond acceptors (Lipinski definition) is 3. The Morgan fingerprint density at radius 1 is 1.44 bits per heavy atom. The zero-order valence-corrected chi connectivity index (χ0v) is 10.4. The average Bonchev–Trinajstić information content (AvgIpc) is 2.76. The zero-order valence-electron chi connectivity index (χ0n) is 9.56. The van der Waals surface area contributed by atoms with Gasteiger partial charge in [0.1, 0.15) is 5.75 Å². The summed E-state index contributed by atoms with van der Waals surface area (Å²) in [5.41, 5.74) is 6.94. The third kappa shape index (κ3) is 2.42. The molecule has 0 saturated carbocycles. The van der Waals surface area contributed by atoms with Crippen molar-refractivity contribution in [1.82, 2.24) is 0 Å². The summed E-state index contributed by atoms with van der Waals surface area (Å²) in [5.74, 6) is 0.942. The smallest absolute Gasteiger partial charge is 0.142 e. The minimum atomic E-state index is 0. The van der Waals surface area contributed by atoms with Gasteiger partial charge in [-0.3, -0.25) is 0 Å². The highest BCUT2D eigenvalue weighted by Crippen LogP contribution is 2.32. The number of halogens is 1. The first-order valence-electron chi connectivity index (χ1n) is 5.46. The van der Waals surface area contributed by atoms with Crippen molar-refractivity contribution in [3.05, 3.63) is 24.3 Å². The van der Waals surface area contributed by atoms with E-state index in [0.717, 1.165) is 18.8 Å². The van der Waals surface area contributed by atoms with Crippen LogP contribution in [0.25, 0.3) is 0 Å². The Bertz CT molecular complexity index is 333. The van der Waals surface area contributed by atoms with Gasteiger partial charge >= 0.3 is 0 Å². The topological polar surface area (TPSA) is 38.5 Å². The first-order chi connectivity index (χ1) is 7.36. The van der Waals surface area contributed by atoms with Crippen LogP contribution in [0.15, 0.2) is 24.3 Å². The van der Waals surface area contributed by atoms with Crippen molar-refractivity contribution in [3.63, 3.8) is 0 Å². The molecule has 0 aromatic heterocycles. The second kappa shape index (κ2) is 5.97. The van der Waals surface area contributed by atoms with Crippen molar-refractivity contribution in [3.8, 4) is 5.75 Å². The number of hydrogen-bond donors (Lipinski definition) is 1. The van der Waals surface area contributed by atoms with Gasteiger partial charge in [0.2, 0.25) is 0 Å². The van der Waals surface area contributed by atoms with Crippen LogP contribution in [0.3, 0.4) is 0 Å². The molecule has 1 aliphatic rings. The molecule has 1 aromatic rings. The molecule has 1 aromatic carbocycles. The van der Waals surface area contributed by atoms with Crippen molar-refractivity contribution >= 4 is 18.1 Å². The molecule has 1 aliphatic heterocycles. The lowest BCUT2D eigenvalue weighted by Crippen LogP contribution is -2.35. The van der Waals surface area contributed by atoms with E-state index in [1.165, 1.54) is 18.5 Å². The van der Waals surface area contributed by atoms with Gasteiger partial charge in [-0.05, 0) is 25.0 Å². The fourth-order valence-electron chi connectivity index (χ4n) is 2.26. The molecule has 1 heterocycles. The molecule has 0 spiro atoms. The van der Waals surface area contributed by atoms with E-state index < -0.39 is 0 Å². The van der Waals surface area contributed by atoms with E-state index in [1.54, 1.807) is 7.11 Å². The molecule has 2 rings (SSSR count). The Hall–Kier alpha value is -0.930. The third-order valence-electron chi connectivity index (χ3n) is 3.04. The van der Waals surface area contributed by atoms with E-state index >= 15 is 0 Å². The fraction of sp³-hybridized carbons (Fsp3) is 0.500. The predicted octanol–water partition coefficient (Wildman–Crippen LogP) is 2.04. The quantitative estimate of drug-likeness (QED) is 0.882. The molecule has 4 heteroatoms. The molecular formula is C12H19ClN2O. The first-order valence-corrected chi connectivity index (χ1v) is 5.46. The van der Waals surface area contributed by atoms with Crippen LogP contribution in [-0.4, -0.2) is 26.2 Å². The summed E-state index contributed by atoms with van der Waals surface area (Å²) in [6, 6.07) is 8.62. The molecule has 3 nitrogen and oxygen atoms in total. The van der Waals surface area contributed by atoms with Crippen LogP contribution >= 0.6 is 12.4 Å². The molecule has 0 radical (unpaired) electrons. The molecule has 1 atom stereocenters. The maximum atomic E-state index is 5.77. The maximum Gasteiger partial charge on any atom is 0.142 e. The minimum Gasteiger partial charge on any atom is -0.495 e. The summed E-state index contributed by atoms with van der Waals surface area (Å²) in [6.45, 7) is 1.81. The number of nitrogens with two attached hydrogens (primary N) is 1. The van der Waals surface area contributed by atoms with Crippen molar-refractivity contribution in [2.24, 2.45) is 5.73 Å². The highest BCUT2D eigenvalue weighted by Gasteiger charge is 2.25. The van der Waals surface area contributed by atoms with Gasteiger partial charge in [0.25, 0.3) is 0 Å². The molecule has 0 amide bonds. The van der Waals surface area contributed by atoms with Gasteiger partial charge in [0, 0.05) is 19.1 Å². The van der Waals surface area contributed by atoms with Crippen LogP contribution < -0.4 is 15.4 Å². The summed E-state index contributed by atoms with van der Waals surface area (Å²) in [5, 5.41) is 0. The van der Waals surface area contributed by atoms with Crippen LogP contribution in [0.4, 0.5) is 5.69 Å². The Balaban J connectivity index is 0.00000128. The monoisotopic (exact) mass is 242 g/mol. The van der Waals surface area contributed by atoms with E-state index in [2.05, 4.69) is 11.0 Å². The standard InChI is InChI=1S/C12H18N2O.ClH/c1-15-12-7-3-2-6-11(12)14-8-4-5-10(14)9-13;/h2-3,6-7,10H,4-5,8-9,13H2,1H3;1H. The second-order valence-electron chi connectivity index (χ2n) is 3.90. The summed E-state index contributed by atoms with van der Waals surface area (Å²) in [4.78, 5) is 2.36. The highest BCUT2D eigenvalue weighted by atomic mass is 35.5. The lowest BCUT2D eigenvalue weighted by atomic mass is 10.2. The van der Waals surface area contributed by atoms with E-state index in [9.17, 15) is 0 Å². The number of benzene rings is 1. The molecule has 90 valence electrons. The Labute approximate surface area is 103 Å². The first kappa shape index (κ1) is 13.1. The van der Waals surface area contributed by atoms with Crippen LogP contribution in [-0.2, 0) is 0 Å². The number of para-hydroxylation sites is 2. The van der Waals surface area contributed by atoms with Crippen LogP contribution in [0.1, 0.15) is 12.8 Å². The van der Waals surface area contributed by atoms with E-state index in [-0.39, 0.29) is 12.4 Å². The van der Waals surface area contributed by atoms with E-state index in [4.69, 9.17) is 10.5 Å². The van der Waals surface area contributed by atoms with Crippen molar-refractivity contribution in [2.75, 3.05) is 25.1 Å². The zero-order chi connectivity index (χ0) is 10.7. The third-order valence-corrected chi connectivity index (χ3v) is 3.04. The van der Waals surface area contributed by atoms with Crippen LogP contribution in [0, 0.1) is 0 Å². The highest BCUT2D eigenvalue weighted by molar-refractivity contribution is 5.85. The Morgan fingerprint density at radius 2 is 2.19 bits per heavy atom. The van der Waals surface area contributed by atoms with E-state index in [0.29, 0.717) is 6.04 Å². The summed E-state index contributed by atoms with van der Waals surface area (Å²) in [6.07, 6.45) is 2.41. The number of methoxy groups -OCH3 is 1. The van der Waals surface area contributed by atoms with Gasteiger partial charge in [-0.1, -0.05) is 12.1 Å². The van der Waals surface area contributed by atoms with Crippen molar-refractivity contribution in [1.29, 1.82) is 0 Å². The number of nitrogens with zero attached hydrogens (tertiary/aromatic N) is 1. The largest absolute Gasteiger partial charge is 0.495 e. The number of rotatable bonds is 3. The van der Waals surface area contributed by atoms with Gasteiger partial charge in [0.15, 0.2) is 0 Å². The minimum absolute atomic E-state index is 0. The molecule has 1 unspecified atom stereocenters. The lowest BCUT2D eigenvalue weighted by Gasteiger charge is -2.27. The normalized spacial score (nSPS) is 19.4. The SMILES string of the molecule is COc1ccccc1N1CCCC1CN.Cl. The predicted molar refractivity (Wildman–Crippen MR) is 69.7 cm³/mol. The molecule has 0 bridgehead atoms. The summed E-state index contributed by atoms with van der Waals surface area (Å²) < 4.78 is 5.37. The van der Waals surface area contributed by atoms with Gasteiger partial charge in [-0.25, -0.2) is 0 Å². The molecular weight excluding hydrogens is 224 g/mol. The van der Waals surface area contributed by atoms with Crippen LogP contribution in [0.5, 0.6) is 5.75 Å². The number of ether oxygens (including phenoxy) is 1. The summed E-state index contributed by atoms with van der Waals surface area (Å²) >= 11 is 0. The van der Waals surface area contributed by atoms with Gasteiger partial charge in [-0.2, -0.15) is 0 Å². The Kier molecular flexibility index (Phi) is 4.90. The van der Waals surface area contributed by atoms with Gasteiger partial charge < -0.3 is 15.4 Å². The molecule has 2 N–H and O–H groups in total. The maximum absolute atomic E-state index is 5.77. The molecule has 16 heavy (non-hydrogen) atoms. The summed E-state index contributed by atoms with van der Waals surface area (Å²) in [7, 11) is 1.71. The average molecular weight is 243 g/mol. The van der Waals surface area contributed by atoms with Crippen molar-refractivity contribution in [2.45, 2.75) is 18.9 Å². The number of anilines is 1. The Morgan fingerprint density at radius 3 is 2.88 bits per heavy atom. The van der Waals surface area contributed by atoms with Gasteiger partial charge in [0.05, 0.1) is 12.8 Å². The van der Waals surface area contributed by atoms with Crippen LogP contribution in [0.2, 0.25) is 0 Å². The fourth-order valence-corrected chi connectivity index (χ4v) is 2.26. The van der Waals surface area contributed by atoms with Gasteiger partial charge in [-0.15, -0.1) is 12.4 Å². The molecule has 1 saturated heterocycles. The molecule has 0 aliphatic carbocycles. The van der Waals surface area contributed by atoms with Crippen molar-refractivity contribution < 1.29 is 4.74 Å². The van der Waals surface area contributed by atoms with E-state index in [1.807, 2.05) is 18.2 Å².